The fourth-order valence-corrected chi connectivity index (χ4v) is 1.89. The molecule has 3 N–H and O–H groups in total. The minimum absolute atomic E-state index is 0.0771. The third kappa shape index (κ3) is 4.91. The molecule has 100 valence electrons. The molecule has 1 rings (SSSR count). The zero-order valence-corrected chi connectivity index (χ0v) is 9.59. The molecule has 0 aliphatic carbocycles. The minimum atomic E-state index is -4.10. The van der Waals surface area contributed by atoms with E-state index in [2.05, 4.69) is 5.32 Å². The molecule has 4 nitrogen and oxygen atoms in total. The van der Waals surface area contributed by atoms with Crippen LogP contribution in [0.3, 0.4) is 0 Å². The van der Waals surface area contributed by atoms with Crippen molar-refractivity contribution in [2.75, 3.05) is 32.7 Å². The van der Waals surface area contributed by atoms with Crippen LogP contribution in [0.25, 0.3) is 0 Å². The number of nitrogens with one attached hydrogen (secondary N) is 1. The third-order valence-corrected chi connectivity index (χ3v) is 2.88. The van der Waals surface area contributed by atoms with Crippen molar-refractivity contribution in [3.05, 3.63) is 0 Å². The van der Waals surface area contributed by atoms with Gasteiger partial charge in [0.25, 0.3) is 0 Å². The first-order valence-electron chi connectivity index (χ1n) is 5.69. The Morgan fingerprint density at radius 3 is 2.41 bits per heavy atom. The quantitative estimate of drug-likeness (QED) is 0.759. The number of amides is 1. The fourth-order valence-electron chi connectivity index (χ4n) is 1.89. The van der Waals surface area contributed by atoms with Crippen LogP contribution in [0.1, 0.15) is 12.8 Å². The molecule has 1 fully saturated rings. The normalized spacial score (nSPS) is 19.3. The van der Waals surface area contributed by atoms with Gasteiger partial charge in [-0.2, -0.15) is 13.2 Å². The average molecular weight is 253 g/mol. The lowest BCUT2D eigenvalue weighted by Crippen LogP contribution is -2.44. The maximum Gasteiger partial charge on any atom is 0.391 e. The zero-order chi connectivity index (χ0) is 12.9. The van der Waals surface area contributed by atoms with E-state index in [0.717, 1.165) is 0 Å². The predicted molar refractivity (Wildman–Crippen MR) is 57.3 cm³/mol. The number of carbonyl (C=O) groups is 1. The number of carbonyl (C=O) groups excluding carboxylic acids is 1. The largest absolute Gasteiger partial charge is 0.391 e. The van der Waals surface area contributed by atoms with Gasteiger partial charge in [-0.05, 0) is 25.9 Å². The number of halogens is 3. The van der Waals surface area contributed by atoms with Crippen LogP contribution in [-0.2, 0) is 4.79 Å². The summed E-state index contributed by atoms with van der Waals surface area (Å²) in [6.07, 6.45) is -3.95. The Bertz CT molecular complexity index is 250. The summed E-state index contributed by atoms with van der Waals surface area (Å²) in [4.78, 5) is 13.1. The number of nitrogens with two attached hydrogens (primary N) is 1. The van der Waals surface area contributed by atoms with Crippen LogP contribution >= 0.6 is 0 Å². The van der Waals surface area contributed by atoms with Crippen molar-refractivity contribution < 1.29 is 18.0 Å². The van der Waals surface area contributed by atoms with E-state index in [1.165, 1.54) is 0 Å². The van der Waals surface area contributed by atoms with Crippen LogP contribution < -0.4 is 11.1 Å². The first-order chi connectivity index (χ1) is 7.93. The van der Waals surface area contributed by atoms with Crippen molar-refractivity contribution in [3.8, 4) is 0 Å². The molecule has 1 aliphatic heterocycles. The summed E-state index contributed by atoms with van der Waals surface area (Å²) >= 11 is 0. The van der Waals surface area contributed by atoms with Gasteiger partial charge < -0.3 is 11.1 Å². The van der Waals surface area contributed by atoms with Gasteiger partial charge in [0.15, 0.2) is 0 Å². The number of alkyl halides is 3. The van der Waals surface area contributed by atoms with Crippen LogP contribution in [0.2, 0.25) is 0 Å². The molecule has 0 unspecified atom stereocenters. The van der Waals surface area contributed by atoms with Gasteiger partial charge in [-0.25, -0.2) is 0 Å². The van der Waals surface area contributed by atoms with Gasteiger partial charge in [-0.1, -0.05) is 0 Å². The molecule has 7 heteroatoms. The maximum atomic E-state index is 12.4. The molecular formula is C10H18F3N3O. The average Bonchev–Trinajstić information content (AvgIpc) is 2.26. The molecule has 0 bridgehead atoms. The molecule has 1 saturated heterocycles. The molecule has 1 heterocycles. The molecule has 0 radical (unpaired) electrons. The van der Waals surface area contributed by atoms with Crippen LogP contribution in [0.5, 0.6) is 0 Å². The SMILES string of the molecule is NCCNC(=O)CN1CCC(C(F)(F)F)CC1. The maximum absolute atomic E-state index is 12.4. The second-order valence-electron chi connectivity index (χ2n) is 4.23. The second-order valence-corrected chi connectivity index (χ2v) is 4.23. The second kappa shape index (κ2) is 6.20. The highest BCUT2D eigenvalue weighted by atomic mass is 19.4. The molecule has 0 aromatic carbocycles. The van der Waals surface area contributed by atoms with Gasteiger partial charge in [0.05, 0.1) is 12.5 Å². The molecule has 0 saturated carbocycles. The van der Waals surface area contributed by atoms with Crippen molar-refractivity contribution in [1.29, 1.82) is 0 Å². The Morgan fingerprint density at radius 1 is 1.35 bits per heavy atom. The lowest BCUT2D eigenvalue weighted by atomic mass is 9.96. The van der Waals surface area contributed by atoms with Crippen molar-refractivity contribution in [3.63, 3.8) is 0 Å². The van der Waals surface area contributed by atoms with Crippen LogP contribution in [-0.4, -0.2) is 49.7 Å². The molecule has 17 heavy (non-hydrogen) atoms. The number of nitrogens with zero attached hydrogens (tertiary/aromatic N) is 1. The van der Waals surface area contributed by atoms with E-state index in [4.69, 9.17) is 5.73 Å². The monoisotopic (exact) mass is 253 g/mol. The van der Waals surface area contributed by atoms with Crippen molar-refractivity contribution in [1.82, 2.24) is 10.2 Å². The Labute approximate surface area is 98.3 Å². The Morgan fingerprint density at radius 2 is 1.94 bits per heavy atom. The zero-order valence-electron chi connectivity index (χ0n) is 9.59. The Balaban J connectivity index is 2.25. The van der Waals surface area contributed by atoms with Crippen LogP contribution in [0.15, 0.2) is 0 Å². The highest BCUT2D eigenvalue weighted by Gasteiger charge is 2.41. The number of likely N-dealkylation sites (tertiary alicyclic amines) is 1. The number of hydrogen-bond donors (Lipinski definition) is 2. The Kier molecular flexibility index (Phi) is 5.20. The van der Waals surface area contributed by atoms with E-state index in [0.29, 0.717) is 26.2 Å². The number of piperidine rings is 1. The molecule has 1 aliphatic rings. The summed E-state index contributed by atoms with van der Waals surface area (Å²) in [6.45, 7) is 1.56. The smallest absolute Gasteiger partial charge is 0.354 e. The minimum Gasteiger partial charge on any atom is -0.354 e. The molecule has 0 aromatic heterocycles. The molecule has 0 spiro atoms. The van der Waals surface area contributed by atoms with E-state index >= 15 is 0 Å². The van der Waals surface area contributed by atoms with Gasteiger partial charge >= 0.3 is 6.18 Å². The van der Waals surface area contributed by atoms with Crippen molar-refractivity contribution in [2.24, 2.45) is 11.7 Å². The molecule has 1 amide bonds. The van der Waals surface area contributed by atoms with Gasteiger partial charge in [0, 0.05) is 13.1 Å². The van der Waals surface area contributed by atoms with Gasteiger partial charge in [0.2, 0.25) is 5.91 Å². The first-order valence-corrected chi connectivity index (χ1v) is 5.69. The topological polar surface area (TPSA) is 58.4 Å². The number of rotatable bonds is 4. The predicted octanol–water partition coefficient (Wildman–Crippen LogP) is 0.336. The van der Waals surface area contributed by atoms with Crippen LogP contribution in [0, 0.1) is 5.92 Å². The van der Waals surface area contributed by atoms with Gasteiger partial charge in [0.1, 0.15) is 0 Å². The number of hydrogen-bond acceptors (Lipinski definition) is 3. The highest BCUT2D eigenvalue weighted by Crippen LogP contribution is 2.33. The highest BCUT2D eigenvalue weighted by molar-refractivity contribution is 5.77. The first kappa shape index (κ1) is 14.2. The van der Waals surface area contributed by atoms with Crippen molar-refractivity contribution >= 4 is 5.91 Å². The fraction of sp³-hybridized carbons (Fsp3) is 0.900. The summed E-state index contributed by atoms with van der Waals surface area (Å²) < 4.78 is 37.2. The standard InChI is InChI=1S/C10H18F3N3O/c11-10(12,13)8-1-5-16(6-2-8)7-9(17)15-4-3-14/h8H,1-7,14H2,(H,15,17). The Hall–Kier alpha value is -0.820. The van der Waals surface area contributed by atoms with Crippen LogP contribution in [0.4, 0.5) is 13.2 Å². The third-order valence-electron chi connectivity index (χ3n) is 2.88. The lowest BCUT2D eigenvalue weighted by Gasteiger charge is -2.32. The summed E-state index contributed by atoms with van der Waals surface area (Å²) in [5.41, 5.74) is 5.22. The van der Waals surface area contributed by atoms with E-state index < -0.39 is 12.1 Å². The summed E-state index contributed by atoms with van der Waals surface area (Å²) in [6, 6.07) is 0. The lowest BCUT2D eigenvalue weighted by molar-refractivity contribution is -0.185. The van der Waals surface area contributed by atoms with Gasteiger partial charge in [-0.15, -0.1) is 0 Å². The summed E-state index contributed by atoms with van der Waals surface area (Å²) in [5, 5.41) is 2.59. The summed E-state index contributed by atoms with van der Waals surface area (Å²) in [7, 11) is 0. The van der Waals surface area contributed by atoms with Gasteiger partial charge in [-0.3, -0.25) is 9.69 Å². The molecular weight excluding hydrogens is 235 g/mol. The van der Waals surface area contributed by atoms with E-state index in [1.807, 2.05) is 0 Å². The molecule has 0 aromatic rings. The van der Waals surface area contributed by atoms with E-state index in [-0.39, 0.29) is 25.3 Å². The van der Waals surface area contributed by atoms with E-state index in [1.54, 1.807) is 4.90 Å². The molecule has 0 atom stereocenters. The van der Waals surface area contributed by atoms with Crippen molar-refractivity contribution in [2.45, 2.75) is 19.0 Å². The summed E-state index contributed by atoms with van der Waals surface area (Å²) in [5.74, 6) is -1.40. The van der Waals surface area contributed by atoms with E-state index in [9.17, 15) is 18.0 Å².